The van der Waals surface area contributed by atoms with Gasteiger partial charge in [0.1, 0.15) is 17.5 Å². The quantitative estimate of drug-likeness (QED) is 0.604. The minimum absolute atomic E-state index is 0.0160. The molecule has 1 heterocycles. The van der Waals surface area contributed by atoms with Gasteiger partial charge in [0.15, 0.2) is 0 Å². The predicted molar refractivity (Wildman–Crippen MR) is 111 cm³/mol. The highest BCUT2D eigenvalue weighted by Crippen LogP contribution is 2.63. The van der Waals surface area contributed by atoms with Crippen molar-refractivity contribution in [2.75, 3.05) is 13.2 Å². The molecule has 2 N–H and O–H groups in total. The van der Waals surface area contributed by atoms with E-state index in [0.29, 0.717) is 11.1 Å². The first-order chi connectivity index (χ1) is 14.5. The first-order valence-electron chi connectivity index (χ1n) is 9.48. The Hall–Kier alpha value is -2.91. The van der Waals surface area contributed by atoms with E-state index in [1.165, 1.54) is 6.07 Å². The second-order valence-corrected chi connectivity index (χ2v) is 8.28. The monoisotopic (exact) mass is 428 g/mol. The van der Waals surface area contributed by atoms with Crippen LogP contribution in [-0.2, 0) is 18.3 Å². The average molecular weight is 428 g/mol. The van der Waals surface area contributed by atoms with E-state index in [2.05, 4.69) is 0 Å². The molecule has 0 bridgehead atoms. The molecule has 1 unspecified atom stereocenters. The fraction of sp³-hybridized carbons (Fsp3) is 0.227. The Morgan fingerprint density at radius 1 is 1.10 bits per heavy atom. The third-order valence-corrected chi connectivity index (χ3v) is 6.57. The summed E-state index contributed by atoms with van der Waals surface area (Å²) in [6, 6.07) is 17.0. The zero-order valence-electron chi connectivity index (χ0n) is 16.7. The molecule has 0 fully saturated rings. The summed E-state index contributed by atoms with van der Waals surface area (Å²) in [5.41, 5.74) is 7.02. The molecule has 0 saturated carbocycles. The van der Waals surface area contributed by atoms with Crippen LogP contribution in [-0.4, -0.2) is 13.2 Å². The number of nitrogens with two attached hydrogens (primary N) is 1. The van der Waals surface area contributed by atoms with Crippen LogP contribution in [0.5, 0.6) is 0 Å². The zero-order valence-corrected chi connectivity index (χ0v) is 17.6. The normalized spacial score (nSPS) is 16.9. The molecule has 6 nitrogen and oxygen atoms in total. The van der Waals surface area contributed by atoms with Gasteiger partial charge in [-0.05, 0) is 25.5 Å². The number of hydrogen-bond acceptors (Lipinski definition) is 6. The molecular formula is C22H22FN2O4P. The highest BCUT2D eigenvalue weighted by atomic mass is 31.2. The lowest BCUT2D eigenvalue weighted by Gasteiger charge is -2.32. The van der Waals surface area contributed by atoms with Crippen LogP contribution in [0.25, 0.3) is 5.57 Å². The van der Waals surface area contributed by atoms with E-state index < -0.39 is 19.3 Å². The lowest BCUT2D eigenvalue weighted by atomic mass is 9.81. The van der Waals surface area contributed by atoms with Crippen molar-refractivity contribution in [2.45, 2.75) is 19.8 Å². The molecule has 1 aliphatic rings. The van der Waals surface area contributed by atoms with E-state index >= 15 is 0 Å². The largest absolute Gasteiger partial charge is 0.432 e. The van der Waals surface area contributed by atoms with Crippen molar-refractivity contribution < 1.29 is 22.7 Å². The molecule has 1 atom stereocenters. The summed E-state index contributed by atoms with van der Waals surface area (Å²) in [7, 11) is -3.95. The summed E-state index contributed by atoms with van der Waals surface area (Å²) < 4.78 is 45.2. The molecule has 156 valence electrons. The van der Waals surface area contributed by atoms with Gasteiger partial charge < -0.3 is 19.5 Å². The van der Waals surface area contributed by atoms with E-state index in [4.69, 9.17) is 19.5 Å². The summed E-state index contributed by atoms with van der Waals surface area (Å²) in [5.74, 6) is -1.74. The number of ether oxygens (including phenoxy) is 1. The van der Waals surface area contributed by atoms with Crippen LogP contribution >= 0.6 is 7.60 Å². The van der Waals surface area contributed by atoms with Crippen molar-refractivity contribution in [3.8, 4) is 6.07 Å². The maximum Gasteiger partial charge on any atom is 0.396 e. The van der Waals surface area contributed by atoms with Crippen LogP contribution in [0.3, 0.4) is 0 Å². The highest BCUT2D eigenvalue weighted by Gasteiger charge is 2.44. The molecule has 8 heteroatoms. The number of nitrogens with zero attached hydrogens (tertiary/aromatic N) is 1. The van der Waals surface area contributed by atoms with Crippen molar-refractivity contribution in [1.29, 1.82) is 5.26 Å². The van der Waals surface area contributed by atoms with Crippen LogP contribution in [0.4, 0.5) is 4.39 Å². The summed E-state index contributed by atoms with van der Waals surface area (Å²) >= 11 is 0. The van der Waals surface area contributed by atoms with Crippen LogP contribution in [0, 0.1) is 17.1 Å². The van der Waals surface area contributed by atoms with Gasteiger partial charge in [0.25, 0.3) is 0 Å². The second-order valence-electron chi connectivity index (χ2n) is 6.36. The van der Waals surface area contributed by atoms with Crippen LogP contribution in [0.15, 0.2) is 71.6 Å². The fourth-order valence-corrected chi connectivity index (χ4v) is 5.12. The maximum atomic E-state index is 14.9. The number of nitriles is 1. The van der Waals surface area contributed by atoms with Crippen LogP contribution in [0.1, 0.15) is 30.9 Å². The average Bonchev–Trinajstić information content (AvgIpc) is 2.74. The van der Waals surface area contributed by atoms with Gasteiger partial charge in [-0.2, -0.15) is 5.26 Å². The Kier molecular flexibility index (Phi) is 6.73. The molecule has 3 rings (SSSR count). The van der Waals surface area contributed by atoms with Gasteiger partial charge in [-0.25, -0.2) is 4.39 Å². The molecule has 0 amide bonds. The van der Waals surface area contributed by atoms with E-state index in [9.17, 15) is 14.2 Å². The summed E-state index contributed by atoms with van der Waals surface area (Å²) in [6.45, 7) is 3.52. The first-order valence-corrected chi connectivity index (χ1v) is 11.0. The van der Waals surface area contributed by atoms with Crippen molar-refractivity contribution in [3.63, 3.8) is 0 Å². The molecule has 0 radical (unpaired) electrons. The molecule has 1 aliphatic heterocycles. The van der Waals surface area contributed by atoms with Gasteiger partial charge in [0.05, 0.1) is 19.1 Å². The third kappa shape index (κ3) is 4.03. The smallest absolute Gasteiger partial charge is 0.396 e. The van der Waals surface area contributed by atoms with Crippen LogP contribution in [0.2, 0.25) is 0 Å². The van der Waals surface area contributed by atoms with Crippen molar-refractivity contribution in [1.82, 2.24) is 0 Å². The molecule has 2 aromatic carbocycles. The molecule has 0 aromatic heterocycles. The first kappa shape index (κ1) is 21.8. The Morgan fingerprint density at radius 3 is 2.27 bits per heavy atom. The minimum atomic E-state index is -3.95. The molecule has 0 aliphatic carbocycles. The molecular weight excluding hydrogens is 406 g/mol. The standard InChI is InChI=1S/C22H22FN2O4P/c1-3-27-30(26,28-4-2)22-19(15-10-6-5-7-11-15)20(17(14-24)21(25)29-22)16-12-8-9-13-18(16)23/h5-13,20H,3-4,25H2,1-2H3. The molecule has 0 saturated heterocycles. The van der Waals surface area contributed by atoms with Gasteiger partial charge in [-0.1, -0.05) is 48.5 Å². The molecule has 30 heavy (non-hydrogen) atoms. The van der Waals surface area contributed by atoms with E-state index in [1.54, 1.807) is 56.3 Å². The van der Waals surface area contributed by atoms with E-state index in [0.717, 1.165) is 0 Å². The topological polar surface area (TPSA) is 94.6 Å². The number of allylic oxidation sites excluding steroid dienone is 2. The van der Waals surface area contributed by atoms with Crippen molar-refractivity contribution >= 4 is 13.2 Å². The summed E-state index contributed by atoms with van der Waals surface area (Å²) in [5, 5.41) is 9.80. The molecule has 0 spiro atoms. The van der Waals surface area contributed by atoms with Gasteiger partial charge in [0.2, 0.25) is 11.4 Å². The third-order valence-electron chi connectivity index (χ3n) is 4.55. The van der Waals surface area contributed by atoms with Gasteiger partial charge in [-0.3, -0.25) is 4.57 Å². The van der Waals surface area contributed by atoms with Gasteiger partial charge >= 0.3 is 7.60 Å². The van der Waals surface area contributed by atoms with Crippen LogP contribution < -0.4 is 5.73 Å². The summed E-state index contributed by atoms with van der Waals surface area (Å²) in [6.07, 6.45) is 0. The van der Waals surface area contributed by atoms with E-state index in [-0.39, 0.29) is 35.7 Å². The number of rotatable bonds is 7. The fourth-order valence-electron chi connectivity index (χ4n) is 3.37. The van der Waals surface area contributed by atoms with Gasteiger partial charge in [-0.15, -0.1) is 0 Å². The highest BCUT2D eigenvalue weighted by molar-refractivity contribution is 7.58. The van der Waals surface area contributed by atoms with E-state index in [1.807, 2.05) is 12.1 Å². The molecule has 2 aromatic rings. The Morgan fingerprint density at radius 2 is 1.70 bits per heavy atom. The predicted octanol–water partition coefficient (Wildman–Crippen LogP) is 5.27. The van der Waals surface area contributed by atoms with Gasteiger partial charge in [0, 0.05) is 11.1 Å². The maximum absolute atomic E-state index is 14.9. The Bertz CT molecular complexity index is 1070. The Balaban J connectivity index is 2.39. The second kappa shape index (κ2) is 9.27. The number of hydrogen-bond donors (Lipinski definition) is 1. The lowest BCUT2D eigenvalue weighted by molar-refractivity contribution is 0.199. The zero-order chi connectivity index (χ0) is 21.7. The number of halogens is 1. The van der Waals surface area contributed by atoms with Crippen molar-refractivity contribution in [2.24, 2.45) is 5.73 Å². The lowest BCUT2D eigenvalue weighted by Crippen LogP contribution is -2.22. The summed E-state index contributed by atoms with van der Waals surface area (Å²) in [4.78, 5) is 0. The van der Waals surface area contributed by atoms with Crippen molar-refractivity contribution in [3.05, 3.63) is 88.5 Å². The number of benzene rings is 2. The Labute approximate surface area is 174 Å². The minimum Gasteiger partial charge on any atom is -0.432 e. The SMILES string of the molecule is CCOP(=O)(OCC)C1=C(c2ccccc2)C(c2ccccc2F)C(C#N)=C(N)O1.